The van der Waals surface area contributed by atoms with Crippen LogP contribution in [0.4, 0.5) is 4.79 Å². The molecule has 1 aliphatic heterocycles. The monoisotopic (exact) mass is 131 g/mol. The van der Waals surface area contributed by atoms with Crippen LogP contribution in [0.25, 0.3) is 0 Å². The summed E-state index contributed by atoms with van der Waals surface area (Å²) in [5, 5.41) is 14.3. The largest absolute Gasteiger partial charge is 0.329 e. The second-order valence-electron chi connectivity index (χ2n) is 1.66. The zero-order chi connectivity index (χ0) is 6.85. The number of nitrogens with zero attached hydrogens (tertiary/aromatic N) is 1. The van der Waals surface area contributed by atoms with Crippen molar-refractivity contribution in [3.05, 3.63) is 10.1 Å². The minimum absolute atomic E-state index is 0.0752. The fourth-order valence-corrected chi connectivity index (χ4v) is 0.570. The third-order valence-corrected chi connectivity index (χ3v) is 1.01. The third kappa shape index (κ3) is 1.07. The van der Waals surface area contributed by atoms with Gasteiger partial charge in [-0.1, -0.05) is 0 Å². The predicted octanol–water partition coefficient (Wildman–Crippen LogP) is -1.10. The number of carbonyl (C=O) groups is 1. The van der Waals surface area contributed by atoms with Gasteiger partial charge in [-0.25, -0.2) is 4.79 Å². The minimum Gasteiger partial charge on any atom is -0.329 e. The van der Waals surface area contributed by atoms with Crippen LogP contribution in [0.3, 0.4) is 0 Å². The Morgan fingerprint density at radius 3 is 2.67 bits per heavy atom. The topological polar surface area (TPSA) is 84.3 Å². The molecule has 1 fully saturated rings. The van der Waals surface area contributed by atoms with E-state index in [1.54, 1.807) is 0 Å². The number of rotatable bonds is 1. The highest BCUT2D eigenvalue weighted by atomic mass is 16.6. The van der Waals surface area contributed by atoms with Crippen molar-refractivity contribution in [3.63, 3.8) is 0 Å². The summed E-state index contributed by atoms with van der Waals surface area (Å²) in [7, 11) is 0. The Hall–Kier alpha value is -1.33. The van der Waals surface area contributed by atoms with Crippen LogP contribution in [-0.4, -0.2) is 23.7 Å². The highest BCUT2D eigenvalue weighted by Crippen LogP contribution is 1.89. The average Bonchev–Trinajstić information content (AvgIpc) is 2.14. The molecule has 0 aromatic carbocycles. The van der Waals surface area contributed by atoms with Gasteiger partial charge in [0.1, 0.15) is 6.54 Å². The van der Waals surface area contributed by atoms with Crippen LogP contribution in [0.5, 0.6) is 0 Å². The predicted molar refractivity (Wildman–Crippen MR) is 27.3 cm³/mol. The molecule has 0 bridgehead atoms. The number of carbonyl (C=O) groups excluding carboxylic acids is 1. The normalized spacial score (nSPS) is 24.9. The molecule has 6 heteroatoms. The first kappa shape index (κ1) is 5.80. The lowest BCUT2D eigenvalue weighted by molar-refractivity contribution is -0.521. The van der Waals surface area contributed by atoms with E-state index in [-0.39, 0.29) is 6.54 Å². The van der Waals surface area contributed by atoms with E-state index in [2.05, 4.69) is 10.6 Å². The van der Waals surface area contributed by atoms with E-state index in [0.717, 1.165) is 0 Å². The summed E-state index contributed by atoms with van der Waals surface area (Å²) in [5.41, 5.74) is 0. The SMILES string of the molecule is O=C1NCC([N+](=O)[O-])N1. The van der Waals surface area contributed by atoms with E-state index in [1.165, 1.54) is 0 Å². The van der Waals surface area contributed by atoms with Crippen LogP contribution < -0.4 is 10.6 Å². The maximum Gasteiger partial charge on any atom is 0.320 e. The van der Waals surface area contributed by atoms with Crippen molar-refractivity contribution < 1.29 is 9.72 Å². The van der Waals surface area contributed by atoms with Gasteiger partial charge in [-0.15, -0.1) is 0 Å². The molecule has 1 atom stereocenters. The van der Waals surface area contributed by atoms with Crippen molar-refractivity contribution in [3.8, 4) is 0 Å². The van der Waals surface area contributed by atoms with Gasteiger partial charge in [0.05, 0.1) is 0 Å². The van der Waals surface area contributed by atoms with Gasteiger partial charge in [0.25, 0.3) is 0 Å². The number of hydrogen-bond acceptors (Lipinski definition) is 3. The molecule has 9 heavy (non-hydrogen) atoms. The van der Waals surface area contributed by atoms with Crippen molar-refractivity contribution >= 4 is 6.03 Å². The molecular formula is C3H5N3O3. The van der Waals surface area contributed by atoms with E-state index in [1.807, 2.05) is 0 Å². The van der Waals surface area contributed by atoms with E-state index < -0.39 is 17.1 Å². The van der Waals surface area contributed by atoms with Crippen LogP contribution in [-0.2, 0) is 0 Å². The Bertz CT molecular complexity index is 156. The van der Waals surface area contributed by atoms with Gasteiger partial charge in [-0.2, -0.15) is 0 Å². The molecule has 1 heterocycles. The van der Waals surface area contributed by atoms with Crippen LogP contribution in [0.2, 0.25) is 0 Å². The van der Waals surface area contributed by atoms with E-state index >= 15 is 0 Å². The summed E-state index contributed by atoms with van der Waals surface area (Å²) in [6, 6.07) is -0.475. The standard InChI is InChI=1S/C3H5N3O3/c7-3-4-1-2(5-3)6(8)9/h2H,1H2,(H2,4,5,7). The summed E-state index contributed by atoms with van der Waals surface area (Å²) in [4.78, 5) is 19.6. The smallest absolute Gasteiger partial charge is 0.320 e. The summed E-state index contributed by atoms with van der Waals surface area (Å²) in [5.74, 6) is 0. The maximum atomic E-state index is 10.2. The van der Waals surface area contributed by atoms with Crippen molar-refractivity contribution in [1.82, 2.24) is 10.6 Å². The molecule has 1 aliphatic rings. The average molecular weight is 131 g/mol. The Balaban J connectivity index is 2.48. The Kier molecular flexibility index (Phi) is 1.21. The molecule has 2 amide bonds. The number of hydrogen-bond donors (Lipinski definition) is 2. The molecule has 0 spiro atoms. The lowest BCUT2D eigenvalue weighted by Crippen LogP contribution is -2.33. The van der Waals surface area contributed by atoms with Gasteiger partial charge in [0, 0.05) is 4.92 Å². The molecule has 2 N–H and O–H groups in total. The second kappa shape index (κ2) is 1.88. The highest BCUT2D eigenvalue weighted by molar-refractivity contribution is 5.76. The lowest BCUT2D eigenvalue weighted by Gasteiger charge is -1.95. The zero-order valence-corrected chi connectivity index (χ0v) is 4.46. The van der Waals surface area contributed by atoms with Crippen LogP contribution >= 0.6 is 0 Å². The van der Waals surface area contributed by atoms with Gasteiger partial charge < -0.3 is 5.32 Å². The number of urea groups is 1. The Morgan fingerprint density at radius 1 is 1.78 bits per heavy atom. The Morgan fingerprint density at radius 2 is 2.44 bits per heavy atom. The number of nitro groups is 1. The number of amides is 2. The van der Waals surface area contributed by atoms with Crippen molar-refractivity contribution in [2.24, 2.45) is 0 Å². The summed E-state index contributed by atoms with van der Waals surface area (Å²) < 4.78 is 0. The summed E-state index contributed by atoms with van der Waals surface area (Å²) in [6.45, 7) is 0.0752. The van der Waals surface area contributed by atoms with Gasteiger partial charge in [-0.05, 0) is 0 Å². The molecule has 50 valence electrons. The molecule has 1 rings (SSSR count). The molecular weight excluding hydrogens is 126 g/mol. The fraction of sp³-hybridized carbons (Fsp3) is 0.667. The zero-order valence-electron chi connectivity index (χ0n) is 4.46. The maximum absolute atomic E-state index is 10.2. The molecule has 0 saturated carbocycles. The summed E-state index contributed by atoms with van der Waals surface area (Å²) in [6.07, 6.45) is -0.947. The van der Waals surface area contributed by atoms with Gasteiger partial charge in [-0.3, -0.25) is 15.4 Å². The van der Waals surface area contributed by atoms with E-state index in [4.69, 9.17) is 0 Å². The van der Waals surface area contributed by atoms with Crippen molar-refractivity contribution in [2.75, 3.05) is 6.54 Å². The fourth-order valence-electron chi connectivity index (χ4n) is 0.570. The second-order valence-corrected chi connectivity index (χ2v) is 1.66. The lowest BCUT2D eigenvalue weighted by atomic mass is 10.6. The first-order valence-electron chi connectivity index (χ1n) is 2.38. The first-order chi connectivity index (χ1) is 4.20. The minimum atomic E-state index is -0.947. The molecule has 0 aromatic heterocycles. The number of nitrogens with one attached hydrogen (secondary N) is 2. The summed E-state index contributed by atoms with van der Waals surface area (Å²) >= 11 is 0. The van der Waals surface area contributed by atoms with Crippen molar-refractivity contribution in [2.45, 2.75) is 6.17 Å². The Labute approximate surface area is 50.4 Å². The molecule has 1 saturated heterocycles. The van der Waals surface area contributed by atoms with Gasteiger partial charge in [0.2, 0.25) is 0 Å². The van der Waals surface area contributed by atoms with Gasteiger partial charge in [0.15, 0.2) is 0 Å². The van der Waals surface area contributed by atoms with Crippen LogP contribution in [0.15, 0.2) is 0 Å². The molecule has 0 aliphatic carbocycles. The van der Waals surface area contributed by atoms with E-state index in [0.29, 0.717) is 0 Å². The molecule has 6 nitrogen and oxygen atoms in total. The van der Waals surface area contributed by atoms with Gasteiger partial charge >= 0.3 is 12.2 Å². The highest BCUT2D eigenvalue weighted by Gasteiger charge is 2.28. The molecule has 0 aromatic rings. The third-order valence-electron chi connectivity index (χ3n) is 1.01. The van der Waals surface area contributed by atoms with Crippen molar-refractivity contribution in [1.29, 1.82) is 0 Å². The first-order valence-corrected chi connectivity index (χ1v) is 2.38. The quantitative estimate of drug-likeness (QED) is 0.350. The molecule has 1 unspecified atom stereocenters. The van der Waals surface area contributed by atoms with E-state index in [9.17, 15) is 14.9 Å². The molecule has 0 radical (unpaired) electrons. The van der Waals surface area contributed by atoms with Crippen LogP contribution in [0, 0.1) is 10.1 Å². The van der Waals surface area contributed by atoms with Crippen LogP contribution in [0.1, 0.15) is 0 Å².